The van der Waals surface area contributed by atoms with Gasteiger partial charge in [-0.3, -0.25) is 0 Å². The number of thiophene rings is 1. The minimum absolute atomic E-state index is 0.893. The van der Waals surface area contributed by atoms with Crippen molar-refractivity contribution in [3.05, 3.63) is 176 Å². The molecule has 49 heavy (non-hydrogen) atoms. The minimum Gasteiger partial charge on any atom is -0.456 e. The lowest BCUT2D eigenvalue weighted by atomic mass is 9.99. The van der Waals surface area contributed by atoms with E-state index in [1.54, 1.807) is 0 Å². The summed E-state index contributed by atoms with van der Waals surface area (Å²) in [6, 6.07) is 63.2. The fraction of sp³-hybridized carbons (Fsp3) is 0. The summed E-state index contributed by atoms with van der Waals surface area (Å²) in [6.07, 6.45) is 0. The van der Waals surface area contributed by atoms with Crippen LogP contribution in [-0.4, -0.2) is 0 Å². The lowest BCUT2D eigenvalue weighted by Gasteiger charge is -2.26. The Morgan fingerprint density at radius 2 is 1.04 bits per heavy atom. The van der Waals surface area contributed by atoms with Gasteiger partial charge >= 0.3 is 0 Å². The molecule has 2 heterocycles. The fourth-order valence-electron chi connectivity index (χ4n) is 7.28. The van der Waals surface area contributed by atoms with E-state index >= 15 is 0 Å². The van der Waals surface area contributed by atoms with Crippen LogP contribution in [-0.2, 0) is 0 Å². The van der Waals surface area contributed by atoms with E-state index in [1.165, 1.54) is 53.2 Å². The number of benzene rings is 8. The van der Waals surface area contributed by atoms with Gasteiger partial charge < -0.3 is 9.32 Å². The molecular formula is C46H29NOS. The number of rotatable bonds is 5. The van der Waals surface area contributed by atoms with Crippen molar-refractivity contribution in [2.75, 3.05) is 4.90 Å². The normalized spacial score (nSPS) is 11.7. The Labute approximate surface area is 287 Å². The second kappa shape index (κ2) is 11.2. The topological polar surface area (TPSA) is 16.4 Å². The molecule has 0 saturated heterocycles. The van der Waals surface area contributed by atoms with Crippen LogP contribution < -0.4 is 4.90 Å². The SMILES string of the molecule is c1ccc(-c2ccc(N(c3ccc4oc5ccccc5c4c3)c3cccc4c3sc3c(-c5ccc6ccccc6c5)cccc34)cc2)cc1. The van der Waals surface area contributed by atoms with Crippen LogP contribution in [0.25, 0.3) is 75.1 Å². The van der Waals surface area contributed by atoms with Gasteiger partial charge in [0.2, 0.25) is 0 Å². The predicted octanol–water partition coefficient (Wildman–Crippen LogP) is 13.9. The third kappa shape index (κ3) is 4.62. The minimum atomic E-state index is 0.893. The molecule has 0 aliphatic rings. The molecule has 0 N–H and O–H groups in total. The largest absolute Gasteiger partial charge is 0.456 e. The highest BCUT2D eigenvalue weighted by Gasteiger charge is 2.21. The number of para-hydroxylation sites is 1. The number of nitrogens with zero attached hydrogens (tertiary/aromatic N) is 1. The third-order valence-electron chi connectivity index (χ3n) is 9.66. The number of anilines is 3. The Hall–Kier alpha value is -6.16. The fourth-order valence-corrected chi connectivity index (χ4v) is 8.62. The van der Waals surface area contributed by atoms with Crippen LogP contribution in [0.1, 0.15) is 0 Å². The van der Waals surface area contributed by atoms with Crippen molar-refractivity contribution in [3.63, 3.8) is 0 Å². The summed E-state index contributed by atoms with van der Waals surface area (Å²) in [5, 5.41) is 7.29. The van der Waals surface area contributed by atoms with Crippen molar-refractivity contribution in [1.29, 1.82) is 0 Å². The molecule has 0 unspecified atom stereocenters. The molecule has 2 aromatic heterocycles. The number of hydrogen-bond donors (Lipinski definition) is 0. The standard InChI is InChI=1S/C46H29NOS/c1-2-10-30(11-3-1)32-22-24-35(25-23-32)47(36-26-27-44-41(29-36)38-14-6-7-19-43(38)48-44)42-18-9-17-40-39-16-8-15-37(45(39)49-46(40)42)34-21-20-31-12-4-5-13-33(31)28-34/h1-29H. The molecule has 0 aliphatic heterocycles. The monoisotopic (exact) mass is 643 g/mol. The van der Waals surface area contributed by atoms with E-state index in [0.717, 1.165) is 39.0 Å². The van der Waals surface area contributed by atoms with E-state index in [4.69, 9.17) is 4.42 Å². The second-order valence-corrected chi connectivity index (χ2v) is 13.5. The number of hydrogen-bond acceptors (Lipinski definition) is 3. The Balaban J connectivity index is 1.19. The van der Waals surface area contributed by atoms with Gasteiger partial charge in [-0.25, -0.2) is 0 Å². The summed E-state index contributed by atoms with van der Waals surface area (Å²) in [4.78, 5) is 2.41. The third-order valence-corrected chi connectivity index (χ3v) is 10.9. The average molecular weight is 644 g/mol. The highest BCUT2D eigenvalue weighted by Crippen LogP contribution is 2.48. The van der Waals surface area contributed by atoms with E-state index in [9.17, 15) is 0 Å². The van der Waals surface area contributed by atoms with E-state index < -0.39 is 0 Å². The Morgan fingerprint density at radius 1 is 0.388 bits per heavy atom. The van der Waals surface area contributed by atoms with Crippen LogP contribution in [0.4, 0.5) is 17.1 Å². The van der Waals surface area contributed by atoms with Gasteiger partial charge in [-0.15, -0.1) is 11.3 Å². The van der Waals surface area contributed by atoms with E-state index in [2.05, 4.69) is 169 Å². The van der Waals surface area contributed by atoms with Gasteiger partial charge in [0.1, 0.15) is 11.2 Å². The first-order chi connectivity index (χ1) is 24.3. The first kappa shape index (κ1) is 27.9. The molecule has 0 fully saturated rings. The predicted molar refractivity (Wildman–Crippen MR) is 210 cm³/mol. The van der Waals surface area contributed by atoms with Crippen LogP contribution in [0.3, 0.4) is 0 Å². The smallest absolute Gasteiger partial charge is 0.135 e. The maximum Gasteiger partial charge on any atom is 0.135 e. The Kier molecular flexibility index (Phi) is 6.39. The van der Waals surface area contributed by atoms with Crippen molar-refractivity contribution in [2.45, 2.75) is 0 Å². The number of fused-ring (bicyclic) bond motifs is 7. The summed E-state index contributed by atoms with van der Waals surface area (Å²) in [5.74, 6) is 0. The Bertz CT molecular complexity index is 2830. The summed E-state index contributed by atoms with van der Waals surface area (Å²) in [6.45, 7) is 0. The molecule has 0 spiro atoms. The van der Waals surface area contributed by atoms with Gasteiger partial charge in [0.25, 0.3) is 0 Å². The summed E-state index contributed by atoms with van der Waals surface area (Å²) >= 11 is 1.88. The van der Waals surface area contributed by atoms with E-state index in [-0.39, 0.29) is 0 Å². The molecule has 0 atom stereocenters. The summed E-state index contributed by atoms with van der Waals surface area (Å²) < 4.78 is 8.80. The maximum absolute atomic E-state index is 6.24. The van der Waals surface area contributed by atoms with Gasteiger partial charge in [0, 0.05) is 37.6 Å². The van der Waals surface area contributed by atoms with Crippen molar-refractivity contribution in [3.8, 4) is 22.3 Å². The molecular weight excluding hydrogens is 615 g/mol. The van der Waals surface area contributed by atoms with Crippen LogP contribution in [0, 0.1) is 0 Å². The van der Waals surface area contributed by atoms with Crippen LogP contribution >= 0.6 is 11.3 Å². The average Bonchev–Trinajstić information content (AvgIpc) is 3.74. The molecule has 8 aromatic carbocycles. The first-order valence-electron chi connectivity index (χ1n) is 16.6. The molecule has 10 rings (SSSR count). The lowest BCUT2D eigenvalue weighted by Crippen LogP contribution is -2.10. The zero-order valence-corrected chi connectivity index (χ0v) is 27.3. The Morgan fingerprint density at radius 3 is 1.92 bits per heavy atom. The van der Waals surface area contributed by atoms with Gasteiger partial charge in [-0.1, -0.05) is 127 Å². The number of furan rings is 1. The van der Waals surface area contributed by atoms with Gasteiger partial charge in [-0.2, -0.15) is 0 Å². The van der Waals surface area contributed by atoms with E-state index in [1.807, 2.05) is 23.5 Å². The molecule has 3 heteroatoms. The quantitative estimate of drug-likeness (QED) is 0.186. The van der Waals surface area contributed by atoms with Crippen molar-refractivity contribution in [2.24, 2.45) is 0 Å². The molecule has 0 saturated carbocycles. The first-order valence-corrected chi connectivity index (χ1v) is 17.4. The summed E-state index contributed by atoms with van der Waals surface area (Å²) in [7, 11) is 0. The van der Waals surface area contributed by atoms with E-state index in [0.29, 0.717) is 0 Å². The molecule has 0 aliphatic carbocycles. The molecule has 0 radical (unpaired) electrons. The van der Waals surface area contributed by atoms with Gasteiger partial charge in [0.05, 0.1) is 10.4 Å². The lowest BCUT2D eigenvalue weighted by molar-refractivity contribution is 0.669. The highest BCUT2D eigenvalue weighted by atomic mass is 32.1. The van der Waals surface area contributed by atoms with Crippen LogP contribution in [0.15, 0.2) is 180 Å². The zero-order chi connectivity index (χ0) is 32.3. The second-order valence-electron chi connectivity index (χ2n) is 12.5. The zero-order valence-electron chi connectivity index (χ0n) is 26.5. The van der Waals surface area contributed by atoms with Crippen molar-refractivity contribution >= 4 is 81.3 Å². The molecule has 0 amide bonds. The highest BCUT2D eigenvalue weighted by molar-refractivity contribution is 7.27. The molecule has 2 nitrogen and oxygen atoms in total. The maximum atomic E-state index is 6.24. The molecule has 10 aromatic rings. The van der Waals surface area contributed by atoms with Crippen LogP contribution in [0.2, 0.25) is 0 Å². The van der Waals surface area contributed by atoms with Crippen molar-refractivity contribution < 1.29 is 4.42 Å². The summed E-state index contributed by atoms with van der Waals surface area (Å²) in [5.41, 5.74) is 10.1. The molecule has 0 bridgehead atoms. The van der Waals surface area contributed by atoms with Gasteiger partial charge in [-0.05, 0) is 81.6 Å². The van der Waals surface area contributed by atoms with Crippen LogP contribution in [0.5, 0.6) is 0 Å². The van der Waals surface area contributed by atoms with Gasteiger partial charge in [0.15, 0.2) is 0 Å². The molecule has 230 valence electrons. The van der Waals surface area contributed by atoms with Crippen molar-refractivity contribution in [1.82, 2.24) is 0 Å².